The van der Waals surface area contributed by atoms with Crippen molar-refractivity contribution < 1.29 is 9.59 Å². The molecule has 20 heavy (non-hydrogen) atoms. The van der Waals surface area contributed by atoms with Crippen molar-refractivity contribution in [1.29, 1.82) is 0 Å². The third kappa shape index (κ3) is 2.00. The van der Waals surface area contributed by atoms with E-state index in [1.54, 1.807) is 36.3 Å². The van der Waals surface area contributed by atoms with Crippen molar-refractivity contribution in [3.05, 3.63) is 71.3 Å². The average molecular weight is 266 g/mol. The molecule has 4 nitrogen and oxygen atoms in total. The van der Waals surface area contributed by atoms with Crippen molar-refractivity contribution in [3.8, 4) is 0 Å². The fourth-order valence-electron chi connectivity index (χ4n) is 2.40. The minimum Gasteiger partial charge on any atom is -0.267 e. The predicted octanol–water partition coefficient (Wildman–Crippen LogP) is 2.33. The van der Waals surface area contributed by atoms with Crippen LogP contribution in [0.4, 0.5) is 0 Å². The number of carbonyl (C=O) groups is 2. The van der Waals surface area contributed by atoms with Crippen LogP contribution in [0.3, 0.4) is 0 Å². The maximum atomic E-state index is 12.3. The lowest BCUT2D eigenvalue weighted by Gasteiger charge is -2.25. The summed E-state index contributed by atoms with van der Waals surface area (Å²) in [6.07, 6.45) is 0. The summed E-state index contributed by atoms with van der Waals surface area (Å²) in [6, 6.07) is 16.7. The summed E-state index contributed by atoms with van der Waals surface area (Å²) >= 11 is 0. The van der Waals surface area contributed by atoms with Gasteiger partial charge in [0.05, 0.1) is 11.1 Å². The zero-order valence-corrected chi connectivity index (χ0v) is 11.1. The number of rotatable bonds is 3. The van der Waals surface area contributed by atoms with Gasteiger partial charge >= 0.3 is 0 Å². The maximum Gasteiger partial charge on any atom is 0.276 e. The average Bonchev–Trinajstić information content (AvgIpc) is 2.72. The van der Waals surface area contributed by atoms with Crippen LogP contribution < -0.4 is 0 Å². The van der Waals surface area contributed by atoms with E-state index in [2.05, 4.69) is 0 Å². The molecule has 2 amide bonds. The number of hydrazine groups is 1. The summed E-state index contributed by atoms with van der Waals surface area (Å²) in [6.45, 7) is 0.506. The molecule has 4 heteroatoms. The minimum atomic E-state index is -0.260. The molecule has 0 aliphatic carbocycles. The number of imide groups is 1. The molecule has 1 aliphatic rings. The number of amides is 2. The first-order valence-electron chi connectivity index (χ1n) is 6.41. The highest BCUT2D eigenvalue weighted by Gasteiger charge is 2.37. The quantitative estimate of drug-likeness (QED) is 0.801. The Labute approximate surface area is 117 Å². The van der Waals surface area contributed by atoms with Crippen LogP contribution in [-0.2, 0) is 6.54 Å². The van der Waals surface area contributed by atoms with E-state index < -0.39 is 0 Å². The summed E-state index contributed by atoms with van der Waals surface area (Å²) in [4.78, 5) is 24.6. The Morgan fingerprint density at radius 1 is 0.850 bits per heavy atom. The van der Waals surface area contributed by atoms with E-state index >= 15 is 0 Å². The van der Waals surface area contributed by atoms with Crippen LogP contribution >= 0.6 is 0 Å². The fraction of sp³-hybridized carbons (Fsp3) is 0.125. The normalized spacial score (nSPS) is 14.0. The topological polar surface area (TPSA) is 40.6 Å². The molecule has 2 aromatic rings. The van der Waals surface area contributed by atoms with Crippen LogP contribution in [0, 0.1) is 0 Å². The maximum absolute atomic E-state index is 12.3. The van der Waals surface area contributed by atoms with Gasteiger partial charge in [-0.2, -0.15) is 0 Å². The standard InChI is InChI=1S/C16H14N2O2/c1-17(11-12-7-3-2-4-8-12)18-15(19)13-9-5-6-10-14(13)16(18)20/h2-10H,11H2,1H3. The Morgan fingerprint density at radius 2 is 1.35 bits per heavy atom. The predicted molar refractivity (Wildman–Crippen MR) is 74.9 cm³/mol. The lowest BCUT2D eigenvalue weighted by atomic mass is 10.1. The van der Waals surface area contributed by atoms with Crippen molar-refractivity contribution in [1.82, 2.24) is 10.0 Å². The van der Waals surface area contributed by atoms with Crippen LogP contribution in [0.25, 0.3) is 0 Å². The SMILES string of the molecule is CN(Cc1ccccc1)N1C(=O)c2ccccc2C1=O. The van der Waals surface area contributed by atoms with Gasteiger partial charge in [0.15, 0.2) is 0 Å². The second-order valence-corrected chi connectivity index (χ2v) is 4.77. The Bertz CT molecular complexity index is 632. The summed E-state index contributed by atoms with van der Waals surface area (Å²) in [7, 11) is 1.74. The Morgan fingerprint density at radius 3 is 1.90 bits per heavy atom. The van der Waals surface area contributed by atoms with E-state index in [0.29, 0.717) is 17.7 Å². The third-order valence-corrected chi connectivity index (χ3v) is 3.37. The van der Waals surface area contributed by atoms with Crippen LogP contribution in [0.2, 0.25) is 0 Å². The van der Waals surface area contributed by atoms with Gasteiger partial charge in [-0.3, -0.25) is 9.59 Å². The van der Waals surface area contributed by atoms with E-state index in [-0.39, 0.29) is 11.8 Å². The molecule has 2 aromatic carbocycles. The number of nitrogens with zero attached hydrogens (tertiary/aromatic N) is 2. The van der Waals surface area contributed by atoms with E-state index in [1.807, 2.05) is 30.3 Å². The highest BCUT2D eigenvalue weighted by Crippen LogP contribution is 2.24. The van der Waals surface area contributed by atoms with Crippen LogP contribution in [0.5, 0.6) is 0 Å². The summed E-state index contributed by atoms with van der Waals surface area (Å²) in [5.74, 6) is -0.520. The third-order valence-electron chi connectivity index (χ3n) is 3.37. The highest BCUT2D eigenvalue weighted by molar-refractivity contribution is 6.20. The first kappa shape index (κ1) is 12.6. The zero-order valence-electron chi connectivity index (χ0n) is 11.1. The first-order valence-corrected chi connectivity index (χ1v) is 6.41. The van der Waals surface area contributed by atoms with Crippen molar-refractivity contribution in [3.63, 3.8) is 0 Å². The summed E-state index contributed by atoms with van der Waals surface area (Å²) in [5.41, 5.74) is 1.99. The van der Waals surface area contributed by atoms with Gasteiger partial charge in [0.25, 0.3) is 11.8 Å². The molecular formula is C16H14N2O2. The van der Waals surface area contributed by atoms with Crippen molar-refractivity contribution in [2.24, 2.45) is 0 Å². The number of hydrogen-bond donors (Lipinski definition) is 0. The van der Waals surface area contributed by atoms with Gasteiger partial charge in [0.2, 0.25) is 0 Å². The highest BCUT2D eigenvalue weighted by atomic mass is 16.2. The molecule has 0 N–H and O–H groups in total. The zero-order chi connectivity index (χ0) is 14.1. The molecule has 0 fully saturated rings. The molecular weight excluding hydrogens is 252 g/mol. The first-order chi connectivity index (χ1) is 9.68. The lowest BCUT2D eigenvalue weighted by Crippen LogP contribution is -2.43. The van der Waals surface area contributed by atoms with Gasteiger partial charge in [-0.25, -0.2) is 10.0 Å². The summed E-state index contributed by atoms with van der Waals surface area (Å²) in [5, 5.41) is 2.86. The van der Waals surface area contributed by atoms with Crippen molar-refractivity contribution >= 4 is 11.8 Å². The second-order valence-electron chi connectivity index (χ2n) is 4.77. The van der Waals surface area contributed by atoms with Crippen LogP contribution in [0.15, 0.2) is 54.6 Å². The monoisotopic (exact) mass is 266 g/mol. The second kappa shape index (κ2) is 4.90. The molecule has 3 rings (SSSR count). The minimum absolute atomic E-state index is 0.260. The fourth-order valence-corrected chi connectivity index (χ4v) is 2.40. The van der Waals surface area contributed by atoms with Gasteiger partial charge in [0, 0.05) is 13.6 Å². The lowest BCUT2D eigenvalue weighted by molar-refractivity contribution is 0.0102. The van der Waals surface area contributed by atoms with E-state index in [1.165, 1.54) is 5.01 Å². The van der Waals surface area contributed by atoms with E-state index in [9.17, 15) is 9.59 Å². The smallest absolute Gasteiger partial charge is 0.267 e. The molecule has 0 aromatic heterocycles. The molecule has 0 bridgehead atoms. The van der Waals surface area contributed by atoms with E-state index in [4.69, 9.17) is 0 Å². The Balaban J connectivity index is 1.85. The van der Waals surface area contributed by atoms with Gasteiger partial charge in [0.1, 0.15) is 0 Å². The van der Waals surface area contributed by atoms with E-state index in [0.717, 1.165) is 5.56 Å². The number of hydrogen-bond acceptors (Lipinski definition) is 3. The van der Waals surface area contributed by atoms with Gasteiger partial charge in [-0.1, -0.05) is 42.5 Å². The van der Waals surface area contributed by atoms with Gasteiger partial charge < -0.3 is 0 Å². The largest absolute Gasteiger partial charge is 0.276 e. The van der Waals surface area contributed by atoms with Crippen LogP contribution in [0.1, 0.15) is 26.3 Å². The Hall–Kier alpha value is -2.46. The van der Waals surface area contributed by atoms with Gasteiger partial charge in [-0.05, 0) is 17.7 Å². The molecule has 0 unspecified atom stereocenters. The number of benzene rings is 2. The number of carbonyl (C=O) groups excluding carboxylic acids is 2. The Kier molecular flexibility index (Phi) is 3.08. The molecule has 100 valence electrons. The molecule has 1 heterocycles. The molecule has 0 spiro atoms. The van der Waals surface area contributed by atoms with Gasteiger partial charge in [-0.15, -0.1) is 0 Å². The summed E-state index contributed by atoms with van der Waals surface area (Å²) < 4.78 is 0. The molecule has 0 radical (unpaired) electrons. The number of fused-ring (bicyclic) bond motifs is 1. The molecule has 0 saturated carbocycles. The van der Waals surface area contributed by atoms with Crippen molar-refractivity contribution in [2.75, 3.05) is 7.05 Å². The van der Waals surface area contributed by atoms with Crippen molar-refractivity contribution in [2.45, 2.75) is 6.54 Å². The molecule has 0 saturated heterocycles. The molecule has 1 aliphatic heterocycles. The molecule has 0 atom stereocenters. The van der Waals surface area contributed by atoms with Crippen LogP contribution in [-0.4, -0.2) is 28.9 Å².